The summed E-state index contributed by atoms with van der Waals surface area (Å²) in [6, 6.07) is 13.1. The number of alkyl halides is 3. The third kappa shape index (κ3) is 4.58. The molecule has 0 radical (unpaired) electrons. The molecule has 0 aliphatic heterocycles. The number of carbonyl (C=O) groups is 1. The van der Waals surface area contributed by atoms with E-state index < -0.39 is 17.7 Å². The summed E-state index contributed by atoms with van der Waals surface area (Å²) in [6.45, 7) is 0. The molecule has 126 valence electrons. The van der Waals surface area contributed by atoms with Crippen molar-refractivity contribution in [3.63, 3.8) is 0 Å². The van der Waals surface area contributed by atoms with Crippen LogP contribution in [0.2, 0.25) is 0 Å². The SMILES string of the molecule is N#Cc1ccccc1/C(=C\C=C\C(=O)O)c1ccc(C(F)(F)F)cc1. The number of hydrogen-bond acceptors (Lipinski definition) is 2. The minimum atomic E-state index is -4.45. The molecule has 0 amide bonds. The number of aliphatic carboxylic acids is 1. The largest absolute Gasteiger partial charge is 0.478 e. The topological polar surface area (TPSA) is 61.1 Å². The summed E-state index contributed by atoms with van der Waals surface area (Å²) in [5, 5.41) is 17.9. The van der Waals surface area contributed by atoms with Gasteiger partial charge in [0.25, 0.3) is 0 Å². The second-order valence-corrected chi connectivity index (χ2v) is 5.01. The number of nitrogens with zero attached hydrogens (tertiary/aromatic N) is 1. The van der Waals surface area contributed by atoms with Crippen LogP contribution in [-0.4, -0.2) is 11.1 Å². The summed E-state index contributed by atoms with van der Waals surface area (Å²) in [4.78, 5) is 10.6. The van der Waals surface area contributed by atoms with Crippen LogP contribution in [0.3, 0.4) is 0 Å². The Morgan fingerprint density at radius 1 is 1.08 bits per heavy atom. The van der Waals surface area contributed by atoms with Crippen LogP contribution < -0.4 is 0 Å². The highest BCUT2D eigenvalue weighted by molar-refractivity contribution is 5.85. The van der Waals surface area contributed by atoms with E-state index in [4.69, 9.17) is 5.11 Å². The number of benzene rings is 2. The lowest BCUT2D eigenvalue weighted by atomic mass is 9.93. The van der Waals surface area contributed by atoms with E-state index in [1.807, 2.05) is 6.07 Å². The molecule has 0 saturated carbocycles. The van der Waals surface area contributed by atoms with E-state index in [0.29, 0.717) is 22.3 Å². The van der Waals surface area contributed by atoms with Gasteiger partial charge in [0, 0.05) is 11.6 Å². The monoisotopic (exact) mass is 343 g/mol. The molecule has 1 N–H and O–H groups in total. The van der Waals surface area contributed by atoms with Crippen LogP contribution in [-0.2, 0) is 11.0 Å². The van der Waals surface area contributed by atoms with E-state index in [1.54, 1.807) is 24.3 Å². The van der Waals surface area contributed by atoms with E-state index in [2.05, 4.69) is 0 Å². The van der Waals surface area contributed by atoms with Crippen molar-refractivity contribution in [3.05, 3.63) is 89.0 Å². The van der Waals surface area contributed by atoms with Crippen molar-refractivity contribution in [2.75, 3.05) is 0 Å². The van der Waals surface area contributed by atoms with Crippen LogP contribution in [0, 0.1) is 11.3 Å². The van der Waals surface area contributed by atoms with Crippen molar-refractivity contribution in [2.45, 2.75) is 6.18 Å². The smallest absolute Gasteiger partial charge is 0.416 e. The van der Waals surface area contributed by atoms with E-state index in [9.17, 15) is 23.2 Å². The van der Waals surface area contributed by atoms with Crippen molar-refractivity contribution >= 4 is 11.5 Å². The zero-order chi connectivity index (χ0) is 18.4. The minimum Gasteiger partial charge on any atom is -0.478 e. The fraction of sp³-hybridized carbons (Fsp3) is 0.0526. The number of halogens is 3. The highest BCUT2D eigenvalue weighted by atomic mass is 19.4. The Balaban J connectivity index is 2.56. The van der Waals surface area contributed by atoms with Gasteiger partial charge in [-0.25, -0.2) is 4.79 Å². The predicted octanol–water partition coefficient (Wildman–Crippen LogP) is 4.65. The molecule has 0 atom stereocenters. The molecule has 25 heavy (non-hydrogen) atoms. The van der Waals surface area contributed by atoms with Crippen molar-refractivity contribution in [2.24, 2.45) is 0 Å². The average Bonchev–Trinajstić information content (AvgIpc) is 2.58. The molecule has 0 aromatic heterocycles. The van der Waals surface area contributed by atoms with Gasteiger partial charge >= 0.3 is 12.1 Å². The van der Waals surface area contributed by atoms with Crippen molar-refractivity contribution in [1.82, 2.24) is 0 Å². The molecule has 0 bridgehead atoms. The molecular formula is C19H12F3NO2. The van der Waals surface area contributed by atoms with Crippen LogP contribution in [0.15, 0.2) is 66.8 Å². The highest BCUT2D eigenvalue weighted by Gasteiger charge is 2.30. The lowest BCUT2D eigenvalue weighted by Crippen LogP contribution is -2.04. The normalized spacial score (nSPS) is 12.2. The predicted molar refractivity (Wildman–Crippen MR) is 86.5 cm³/mol. The Morgan fingerprint density at radius 3 is 2.28 bits per heavy atom. The van der Waals surface area contributed by atoms with E-state index in [-0.39, 0.29) is 0 Å². The second-order valence-electron chi connectivity index (χ2n) is 5.01. The third-order valence-electron chi connectivity index (χ3n) is 3.36. The maximum Gasteiger partial charge on any atom is 0.416 e. The first kappa shape index (κ1) is 18.0. The molecule has 0 unspecified atom stereocenters. The summed E-state index contributed by atoms with van der Waals surface area (Å²) in [5.41, 5.74) is 0.927. The van der Waals surface area contributed by atoms with Crippen LogP contribution in [0.4, 0.5) is 13.2 Å². The Morgan fingerprint density at radius 2 is 1.72 bits per heavy atom. The van der Waals surface area contributed by atoms with Crippen molar-refractivity contribution in [3.8, 4) is 6.07 Å². The Labute approximate surface area is 142 Å². The van der Waals surface area contributed by atoms with E-state index >= 15 is 0 Å². The molecule has 2 rings (SSSR count). The number of hydrogen-bond donors (Lipinski definition) is 1. The summed E-state index contributed by atoms with van der Waals surface area (Å²) >= 11 is 0. The van der Waals surface area contributed by atoms with Crippen molar-refractivity contribution < 1.29 is 23.1 Å². The molecule has 0 aliphatic rings. The molecule has 0 saturated heterocycles. The second kappa shape index (κ2) is 7.49. The van der Waals surface area contributed by atoms with Crippen molar-refractivity contribution in [1.29, 1.82) is 5.26 Å². The van der Waals surface area contributed by atoms with Gasteiger partial charge in [-0.15, -0.1) is 0 Å². The lowest BCUT2D eigenvalue weighted by molar-refractivity contribution is -0.137. The van der Waals surface area contributed by atoms with Gasteiger partial charge in [0.1, 0.15) is 0 Å². The number of rotatable bonds is 4. The molecule has 6 heteroatoms. The molecule has 0 spiro atoms. The van der Waals surface area contributed by atoms with Gasteiger partial charge in [-0.2, -0.15) is 18.4 Å². The van der Waals surface area contributed by atoms with Gasteiger partial charge in [0.2, 0.25) is 0 Å². The van der Waals surface area contributed by atoms with Crippen LogP contribution >= 0.6 is 0 Å². The average molecular weight is 343 g/mol. The summed E-state index contributed by atoms with van der Waals surface area (Å²) < 4.78 is 38.2. The van der Waals surface area contributed by atoms with Gasteiger partial charge in [-0.1, -0.05) is 42.5 Å². The Bertz CT molecular complexity index is 873. The Hall–Kier alpha value is -3.33. The number of nitriles is 1. The lowest BCUT2D eigenvalue weighted by Gasteiger charge is -2.12. The molecule has 3 nitrogen and oxygen atoms in total. The minimum absolute atomic E-state index is 0.331. The first-order chi connectivity index (χ1) is 11.8. The summed E-state index contributed by atoms with van der Waals surface area (Å²) in [6.07, 6.45) is -0.828. The summed E-state index contributed by atoms with van der Waals surface area (Å²) in [7, 11) is 0. The van der Waals surface area contributed by atoms with Gasteiger partial charge in [0.05, 0.1) is 17.2 Å². The first-order valence-corrected chi connectivity index (χ1v) is 7.11. The van der Waals surface area contributed by atoms with E-state index in [1.165, 1.54) is 24.3 Å². The molecule has 2 aromatic carbocycles. The van der Waals surface area contributed by atoms with Crippen LogP contribution in [0.25, 0.3) is 5.57 Å². The van der Waals surface area contributed by atoms with Gasteiger partial charge in [-0.3, -0.25) is 0 Å². The zero-order valence-electron chi connectivity index (χ0n) is 12.8. The van der Waals surface area contributed by atoms with Gasteiger partial charge in [-0.05, 0) is 29.3 Å². The number of carboxylic acid groups (broad SMARTS) is 1. The summed E-state index contributed by atoms with van der Waals surface area (Å²) in [5.74, 6) is -1.16. The fourth-order valence-electron chi connectivity index (χ4n) is 2.22. The molecule has 0 heterocycles. The maximum atomic E-state index is 12.7. The maximum absolute atomic E-state index is 12.7. The quantitative estimate of drug-likeness (QED) is 0.649. The zero-order valence-corrected chi connectivity index (χ0v) is 12.8. The van der Waals surface area contributed by atoms with Gasteiger partial charge in [0.15, 0.2) is 0 Å². The van der Waals surface area contributed by atoms with Crippen LogP contribution in [0.1, 0.15) is 22.3 Å². The number of allylic oxidation sites excluding steroid dienone is 2. The van der Waals surface area contributed by atoms with E-state index in [0.717, 1.165) is 18.2 Å². The third-order valence-corrected chi connectivity index (χ3v) is 3.36. The highest BCUT2D eigenvalue weighted by Crippen LogP contribution is 2.32. The number of carboxylic acids is 1. The van der Waals surface area contributed by atoms with Crippen LogP contribution in [0.5, 0.6) is 0 Å². The molecule has 0 fully saturated rings. The standard InChI is InChI=1S/C19H12F3NO2/c20-19(21,22)15-10-8-13(9-11-15)16(6-3-7-18(24)25)17-5-2-1-4-14(17)12-23/h1-11H,(H,24,25)/b7-3+,16-6-. The first-order valence-electron chi connectivity index (χ1n) is 7.11. The molecule has 2 aromatic rings. The molecular weight excluding hydrogens is 331 g/mol. The Kier molecular flexibility index (Phi) is 5.40. The fourth-order valence-corrected chi connectivity index (χ4v) is 2.22. The van der Waals surface area contributed by atoms with Gasteiger partial charge < -0.3 is 5.11 Å². The molecule has 0 aliphatic carbocycles.